The Morgan fingerprint density at radius 2 is 2.05 bits per heavy atom. The second-order valence-electron chi connectivity index (χ2n) is 3.66. The third-order valence-electron chi connectivity index (χ3n) is 2.27. The van der Waals surface area contributed by atoms with E-state index >= 15 is 0 Å². The van der Waals surface area contributed by atoms with Gasteiger partial charge in [0.25, 0.3) is 10.0 Å². The Kier molecular flexibility index (Phi) is 4.07. The molecule has 2 rings (SSSR count). The zero-order chi connectivity index (χ0) is 14.0. The van der Waals surface area contributed by atoms with Gasteiger partial charge in [0.15, 0.2) is 0 Å². The van der Waals surface area contributed by atoms with E-state index < -0.39 is 10.0 Å². The van der Waals surface area contributed by atoms with Gasteiger partial charge in [0.1, 0.15) is 15.9 Å². The minimum Gasteiger partial charge on any atom is -0.263 e. The quantitative estimate of drug-likeness (QED) is 0.852. The lowest BCUT2D eigenvalue weighted by molar-refractivity contribution is 0.600. The summed E-state index contributed by atoms with van der Waals surface area (Å²) in [6.45, 7) is 1.76. The van der Waals surface area contributed by atoms with Crippen LogP contribution >= 0.6 is 27.5 Å². The molecule has 2 aromatic heterocycles. The molecule has 0 unspecified atom stereocenters. The van der Waals surface area contributed by atoms with Crippen molar-refractivity contribution in [2.45, 2.75) is 11.8 Å². The number of sulfonamides is 1. The van der Waals surface area contributed by atoms with Crippen molar-refractivity contribution in [2.24, 2.45) is 0 Å². The Labute approximate surface area is 124 Å². The first-order valence-electron chi connectivity index (χ1n) is 5.16. The van der Waals surface area contributed by atoms with Gasteiger partial charge in [0.2, 0.25) is 0 Å². The molecule has 8 heteroatoms. The molecule has 1 N–H and O–H groups in total. The average Bonchev–Trinajstić information content (AvgIpc) is 2.34. The van der Waals surface area contributed by atoms with Gasteiger partial charge in [-0.05, 0) is 47.1 Å². The normalized spacial score (nSPS) is 11.3. The molecule has 2 aromatic rings. The zero-order valence-corrected chi connectivity index (χ0v) is 12.9. The lowest BCUT2D eigenvalue weighted by Gasteiger charge is -2.09. The van der Waals surface area contributed by atoms with Crippen molar-refractivity contribution >= 4 is 43.4 Å². The van der Waals surface area contributed by atoms with Gasteiger partial charge < -0.3 is 0 Å². The van der Waals surface area contributed by atoms with Gasteiger partial charge in [-0.3, -0.25) is 4.72 Å². The smallest absolute Gasteiger partial charge is 0.263 e. The van der Waals surface area contributed by atoms with E-state index in [4.69, 9.17) is 11.6 Å². The van der Waals surface area contributed by atoms with Crippen molar-refractivity contribution in [3.05, 3.63) is 45.8 Å². The van der Waals surface area contributed by atoms with Gasteiger partial charge >= 0.3 is 0 Å². The van der Waals surface area contributed by atoms with Crippen LogP contribution in [0, 0.1) is 6.92 Å². The summed E-state index contributed by atoms with van der Waals surface area (Å²) in [5.74, 6) is 0.223. The van der Waals surface area contributed by atoms with E-state index in [0.29, 0.717) is 5.69 Å². The van der Waals surface area contributed by atoms with Gasteiger partial charge in [-0.25, -0.2) is 18.4 Å². The Balaban J connectivity index is 2.37. The van der Waals surface area contributed by atoms with Gasteiger partial charge in [-0.2, -0.15) is 0 Å². The van der Waals surface area contributed by atoms with E-state index in [0.717, 1.165) is 4.47 Å². The third-order valence-corrected chi connectivity index (χ3v) is 4.91. The van der Waals surface area contributed by atoms with Crippen LogP contribution in [0.3, 0.4) is 0 Å². The Hall–Kier alpha value is -1.18. The van der Waals surface area contributed by atoms with Crippen LogP contribution in [0.25, 0.3) is 0 Å². The summed E-state index contributed by atoms with van der Waals surface area (Å²) < 4.78 is 27.4. The van der Waals surface area contributed by atoms with E-state index in [1.165, 1.54) is 18.3 Å². The number of nitrogens with one attached hydrogen (secondary N) is 1. The summed E-state index contributed by atoms with van der Waals surface area (Å²) in [6.07, 6.45) is 1.42. The lowest BCUT2D eigenvalue weighted by Crippen LogP contribution is -2.15. The molecule has 0 amide bonds. The second kappa shape index (κ2) is 5.44. The molecule has 5 nitrogen and oxygen atoms in total. The number of nitrogens with zero attached hydrogens (tertiary/aromatic N) is 2. The third kappa shape index (κ3) is 3.23. The van der Waals surface area contributed by atoms with Crippen LogP contribution in [0.1, 0.15) is 5.69 Å². The molecule has 0 aliphatic heterocycles. The molecule has 0 aromatic carbocycles. The standard InChI is InChI=1S/C11H9BrClN3O2S/c1-7-8(12)4-5-10(15-7)16-19(17,18)9-3-2-6-14-11(9)13/h2-6H,1H3,(H,15,16). The Morgan fingerprint density at radius 1 is 1.32 bits per heavy atom. The van der Waals surface area contributed by atoms with Gasteiger partial charge in [-0.1, -0.05) is 11.6 Å². The highest BCUT2D eigenvalue weighted by Crippen LogP contribution is 2.22. The molecule has 0 fully saturated rings. The lowest BCUT2D eigenvalue weighted by atomic mass is 10.4. The minimum absolute atomic E-state index is 0.0798. The van der Waals surface area contributed by atoms with Crippen molar-refractivity contribution in [1.29, 1.82) is 0 Å². The number of aromatic nitrogens is 2. The van der Waals surface area contributed by atoms with E-state index in [1.807, 2.05) is 0 Å². The van der Waals surface area contributed by atoms with Gasteiger partial charge in [-0.15, -0.1) is 0 Å². The van der Waals surface area contributed by atoms with Crippen molar-refractivity contribution < 1.29 is 8.42 Å². The predicted octanol–water partition coefficient (Wildman–Crippen LogP) is 3.00. The fraction of sp³-hybridized carbons (Fsp3) is 0.0909. The largest absolute Gasteiger partial charge is 0.266 e. The maximum atomic E-state index is 12.1. The molecule has 0 saturated heterocycles. The molecule has 0 atom stereocenters. The van der Waals surface area contributed by atoms with Crippen molar-refractivity contribution in [2.75, 3.05) is 4.72 Å². The molecule has 0 saturated carbocycles. The molecule has 0 spiro atoms. The fourth-order valence-electron chi connectivity index (χ4n) is 1.37. The molecule has 2 heterocycles. The van der Waals surface area contributed by atoms with E-state index in [-0.39, 0.29) is 15.9 Å². The molecule has 100 valence electrons. The molecule has 0 bridgehead atoms. The summed E-state index contributed by atoms with van der Waals surface area (Å²) in [4.78, 5) is 7.77. The van der Waals surface area contributed by atoms with Crippen LogP contribution in [0.2, 0.25) is 5.15 Å². The van der Waals surface area contributed by atoms with Crippen LogP contribution in [0.4, 0.5) is 5.82 Å². The number of aryl methyl sites for hydroxylation is 1. The predicted molar refractivity (Wildman–Crippen MR) is 76.7 cm³/mol. The topological polar surface area (TPSA) is 72.0 Å². The second-order valence-corrected chi connectivity index (χ2v) is 6.52. The first kappa shape index (κ1) is 14.2. The maximum absolute atomic E-state index is 12.1. The van der Waals surface area contributed by atoms with E-state index in [9.17, 15) is 8.42 Å². The Morgan fingerprint density at radius 3 is 2.68 bits per heavy atom. The monoisotopic (exact) mass is 361 g/mol. The van der Waals surface area contributed by atoms with Crippen molar-refractivity contribution in [3.8, 4) is 0 Å². The number of rotatable bonds is 3. The van der Waals surface area contributed by atoms with E-state index in [2.05, 4.69) is 30.6 Å². The van der Waals surface area contributed by atoms with Crippen molar-refractivity contribution in [1.82, 2.24) is 9.97 Å². The molecular weight excluding hydrogens is 354 g/mol. The van der Waals surface area contributed by atoms with Crippen LogP contribution in [-0.4, -0.2) is 18.4 Å². The molecule has 19 heavy (non-hydrogen) atoms. The van der Waals surface area contributed by atoms with Gasteiger partial charge in [0.05, 0.1) is 5.69 Å². The summed E-state index contributed by atoms with van der Waals surface area (Å²) in [6, 6.07) is 6.15. The minimum atomic E-state index is -3.80. The first-order valence-corrected chi connectivity index (χ1v) is 7.82. The van der Waals surface area contributed by atoms with Crippen LogP contribution in [0.5, 0.6) is 0 Å². The number of hydrogen-bond donors (Lipinski definition) is 1. The summed E-state index contributed by atoms with van der Waals surface area (Å²) >= 11 is 9.07. The highest BCUT2D eigenvalue weighted by atomic mass is 79.9. The van der Waals surface area contributed by atoms with Crippen LogP contribution < -0.4 is 4.72 Å². The first-order chi connectivity index (χ1) is 8.90. The molecular formula is C11H9BrClN3O2S. The number of pyridine rings is 2. The van der Waals surface area contributed by atoms with Crippen LogP contribution in [0.15, 0.2) is 39.8 Å². The maximum Gasteiger partial charge on any atom is 0.266 e. The van der Waals surface area contributed by atoms with Crippen molar-refractivity contribution in [3.63, 3.8) is 0 Å². The molecule has 0 radical (unpaired) electrons. The SMILES string of the molecule is Cc1nc(NS(=O)(=O)c2cccnc2Cl)ccc1Br. The van der Waals surface area contributed by atoms with Crippen LogP contribution in [-0.2, 0) is 10.0 Å². The van der Waals surface area contributed by atoms with E-state index in [1.54, 1.807) is 19.1 Å². The molecule has 0 aliphatic carbocycles. The number of anilines is 1. The number of hydrogen-bond acceptors (Lipinski definition) is 4. The molecule has 0 aliphatic rings. The summed E-state index contributed by atoms with van der Waals surface area (Å²) in [5.41, 5.74) is 0.678. The number of halogens is 2. The fourth-order valence-corrected chi connectivity index (χ4v) is 3.04. The Bertz CT molecular complexity index is 722. The average molecular weight is 363 g/mol. The van der Waals surface area contributed by atoms with Gasteiger partial charge in [0, 0.05) is 10.7 Å². The summed E-state index contributed by atoms with van der Waals surface area (Å²) in [5, 5.41) is -0.0798. The highest BCUT2D eigenvalue weighted by molar-refractivity contribution is 9.10. The zero-order valence-electron chi connectivity index (χ0n) is 9.76. The highest BCUT2D eigenvalue weighted by Gasteiger charge is 2.19. The summed E-state index contributed by atoms with van der Waals surface area (Å²) in [7, 11) is -3.80.